The molecule has 0 aliphatic heterocycles. The van der Waals surface area contributed by atoms with Crippen LogP contribution in [0.2, 0.25) is 0 Å². The summed E-state index contributed by atoms with van der Waals surface area (Å²) in [6, 6.07) is 12.3. The molecule has 0 fully saturated rings. The van der Waals surface area contributed by atoms with Crippen LogP contribution in [0.4, 0.5) is 4.39 Å². The number of benzene rings is 2. The molecule has 0 atom stereocenters. The summed E-state index contributed by atoms with van der Waals surface area (Å²) in [5.74, 6) is -0.925. The van der Waals surface area contributed by atoms with Crippen LogP contribution in [0.3, 0.4) is 0 Å². The van der Waals surface area contributed by atoms with Gasteiger partial charge in [-0.15, -0.1) is 0 Å². The normalized spacial score (nSPS) is 10.2. The second-order valence-electron chi connectivity index (χ2n) is 4.98. The Morgan fingerprint density at radius 2 is 1.77 bits per heavy atom. The second-order valence-corrected chi connectivity index (χ2v) is 5.39. The van der Waals surface area contributed by atoms with E-state index in [9.17, 15) is 14.0 Å². The van der Waals surface area contributed by atoms with E-state index in [1.807, 2.05) is 0 Å². The molecule has 0 unspecified atom stereocenters. The van der Waals surface area contributed by atoms with Gasteiger partial charge in [0.05, 0.1) is 12.7 Å². The van der Waals surface area contributed by atoms with Crippen molar-refractivity contribution in [2.45, 2.75) is 0 Å². The third-order valence-corrected chi connectivity index (χ3v) is 3.38. The summed E-state index contributed by atoms with van der Waals surface area (Å²) < 4.78 is 17.9. The molecule has 2 rings (SSSR count). The number of hydrogen-bond donors (Lipinski definition) is 3. The van der Waals surface area contributed by atoms with Crippen LogP contribution >= 0.6 is 12.2 Å². The molecular formula is C18H16FN3O3S. The van der Waals surface area contributed by atoms with Crippen LogP contribution in [-0.4, -0.2) is 24.0 Å². The molecule has 2 amide bonds. The number of thiocarbonyl (C=S) groups is 1. The molecule has 2 aromatic rings. The summed E-state index contributed by atoms with van der Waals surface area (Å²) in [5, 5.41) is 2.29. The van der Waals surface area contributed by atoms with Crippen LogP contribution in [0.1, 0.15) is 15.9 Å². The number of para-hydroxylation sites is 1. The summed E-state index contributed by atoms with van der Waals surface area (Å²) in [6.45, 7) is 0. The van der Waals surface area contributed by atoms with Crippen LogP contribution in [0.25, 0.3) is 6.08 Å². The summed E-state index contributed by atoms with van der Waals surface area (Å²) in [5.41, 5.74) is 5.77. The zero-order valence-corrected chi connectivity index (χ0v) is 14.6. The first-order valence-electron chi connectivity index (χ1n) is 7.47. The molecule has 0 aliphatic carbocycles. The van der Waals surface area contributed by atoms with Crippen LogP contribution < -0.4 is 20.9 Å². The quantitative estimate of drug-likeness (QED) is 0.435. The maximum absolute atomic E-state index is 12.8. The Morgan fingerprint density at radius 3 is 2.46 bits per heavy atom. The van der Waals surface area contributed by atoms with Crippen LogP contribution in [-0.2, 0) is 4.79 Å². The number of carbonyl (C=O) groups is 2. The summed E-state index contributed by atoms with van der Waals surface area (Å²) in [4.78, 5) is 23.9. The fourth-order valence-electron chi connectivity index (χ4n) is 1.94. The number of halogens is 1. The molecule has 0 heterocycles. The van der Waals surface area contributed by atoms with Crippen molar-refractivity contribution in [2.75, 3.05) is 7.11 Å². The van der Waals surface area contributed by atoms with Gasteiger partial charge in [0.15, 0.2) is 5.11 Å². The van der Waals surface area contributed by atoms with E-state index in [2.05, 4.69) is 16.2 Å². The minimum atomic E-state index is -0.502. The number of rotatable bonds is 4. The van der Waals surface area contributed by atoms with E-state index in [0.29, 0.717) is 16.9 Å². The van der Waals surface area contributed by atoms with Crippen molar-refractivity contribution in [1.29, 1.82) is 0 Å². The van der Waals surface area contributed by atoms with Crippen molar-refractivity contribution in [1.82, 2.24) is 16.2 Å². The molecule has 0 bridgehead atoms. The lowest BCUT2D eigenvalue weighted by molar-refractivity contribution is -0.115. The number of hydrogen-bond acceptors (Lipinski definition) is 4. The zero-order chi connectivity index (χ0) is 18.9. The summed E-state index contributed by atoms with van der Waals surface area (Å²) in [7, 11) is 1.46. The van der Waals surface area contributed by atoms with Crippen LogP contribution in [0.5, 0.6) is 5.75 Å². The van der Waals surface area contributed by atoms with Gasteiger partial charge in [0.1, 0.15) is 11.6 Å². The first kappa shape index (κ1) is 19.1. The van der Waals surface area contributed by atoms with E-state index in [-0.39, 0.29) is 10.9 Å². The van der Waals surface area contributed by atoms with Crippen LogP contribution in [0.15, 0.2) is 54.6 Å². The molecule has 0 radical (unpaired) electrons. The molecule has 3 N–H and O–H groups in total. The first-order valence-corrected chi connectivity index (χ1v) is 7.88. The van der Waals surface area contributed by atoms with E-state index in [0.717, 1.165) is 0 Å². The smallest absolute Gasteiger partial charge is 0.273 e. The lowest BCUT2D eigenvalue weighted by atomic mass is 10.2. The minimum Gasteiger partial charge on any atom is -0.496 e. The van der Waals surface area contributed by atoms with Crippen molar-refractivity contribution in [3.8, 4) is 5.75 Å². The van der Waals surface area contributed by atoms with Gasteiger partial charge >= 0.3 is 0 Å². The van der Waals surface area contributed by atoms with Crippen molar-refractivity contribution < 1.29 is 18.7 Å². The Balaban J connectivity index is 1.83. The number of hydrazine groups is 1. The summed E-state index contributed by atoms with van der Waals surface area (Å²) in [6.07, 6.45) is 2.74. The molecule has 26 heavy (non-hydrogen) atoms. The second kappa shape index (κ2) is 9.28. The molecule has 8 heteroatoms. The highest BCUT2D eigenvalue weighted by Crippen LogP contribution is 2.16. The van der Waals surface area contributed by atoms with Gasteiger partial charge in [0.2, 0.25) is 5.91 Å². The van der Waals surface area contributed by atoms with Gasteiger partial charge in [0, 0.05) is 6.08 Å². The third kappa shape index (κ3) is 5.67. The molecule has 0 spiro atoms. The number of amides is 2. The Morgan fingerprint density at radius 1 is 1.08 bits per heavy atom. The van der Waals surface area contributed by atoms with Crippen molar-refractivity contribution in [2.24, 2.45) is 0 Å². The Labute approximate surface area is 155 Å². The molecular weight excluding hydrogens is 357 g/mol. The van der Waals surface area contributed by atoms with E-state index in [1.54, 1.807) is 24.3 Å². The van der Waals surface area contributed by atoms with Crippen molar-refractivity contribution >= 4 is 35.2 Å². The van der Waals surface area contributed by atoms with E-state index < -0.39 is 11.8 Å². The molecule has 6 nitrogen and oxygen atoms in total. The third-order valence-electron chi connectivity index (χ3n) is 3.18. The van der Waals surface area contributed by atoms with E-state index >= 15 is 0 Å². The van der Waals surface area contributed by atoms with Crippen molar-refractivity contribution in [3.05, 3.63) is 71.6 Å². The standard InChI is InChI=1S/C18H16FN3O3S/c1-25-15-5-3-2-4-14(15)17(24)21-22-18(26)20-16(23)11-8-12-6-9-13(19)10-7-12/h2-11H,1H3,(H,21,24)(H2,20,22,23,26)/b11-8+. The lowest BCUT2D eigenvalue weighted by Gasteiger charge is -2.11. The average molecular weight is 373 g/mol. The number of carbonyl (C=O) groups excluding carboxylic acids is 2. The highest BCUT2D eigenvalue weighted by Gasteiger charge is 2.11. The molecule has 0 saturated heterocycles. The fraction of sp³-hybridized carbons (Fsp3) is 0.0556. The van der Waals surface area contributed by atoms with E-state index in [1.165, 1.54) is 43.5 Å². The van der Waals surface area contributed by atoms with Gasteiger partial charge in [0.25, 0.3) is 5.91 Å². The minimum absolute atomic E-state index is 0.0815. The van der Waals surface area contributed by atoms with Gasteiger partial charge in [-0.05, 0) is 48.1 Å². The van der Waals surface area contributed by atoms with Gasteiger partial charge < -0.3 is 4.74 Å². The van der Waals surface area contributed by atoms with Crippen LogP contribution in [0, 0.1) is 5.82 Å². The highest BCUT2D eigenvalue weighted by molar-refractivity contribution is 7.80. The monoisotopic (exact) mass is 373 g/mol. The van der Waals surface area contributed by atoms with E-state index in [4.69, 9.17) is 17.0 Å². The first-order chi connectivity index (χ1) is 12.5. The molecule has 0 saturated carbocycles. The van der Waals surface area contributed by atoms with Gasteiger partial charge in [-0.1, -0.05) is 24.3 Å². The van der Waals surface area contributed by atoms with Crippen molar-refractivity contribution in [3.63, 3.8) is 0 Å². The molecule has 0 aromatic heterocycles. The Bertz CT molecular complexity index is 838. The molecule has 134 valence electrons. The highest BCUT2D eigenvalue weighted by atomic mass is 32.1. The number of methoxy groups -OCH3 is 1. The van der Waals surface area contributed by atoms with Gasteiger partial charge in [-0.2, -0.15) is 0 Å². The maximum Gasteiger partial charge on any atom is 0.273 e. The van der Waals surface area contributed by atoms with Gasteiger partial charge in [-0.25, -0.2) is 4.39 Å². The largest absolute Gasteiger partial charge is 0.496 e. The SMILES string of the molecule is COc1ccccc1C(=O)NNC(=S)NC(=O)/C=C/c1ccc(F)cc1. The predicted octanol–water partition coefficient (Wildman–Crippen LogP) is 2.18. The Kier molecular flexibility index (Phi) is 6.81. The maximum atomic E-state index is 12.8. The number of ether oxygens (including phenoxy) is 1. The average Bonchev–Trinajstić information content (AvgIpc) is 2.65. The topological polar surface area (TPSA) is 79.5 Å². The predicted molar refractivity (Wildman–Crippen MR) is 99.8 cm³/mol. The summed E-state index contributed by atoms with van der Waals surface area (Å²) >= 11 is 4.94. The fourth-order valence-corrected chi connectivity index (χ4v) is 2.10. The lowest BCUT2D eigenvalue weighted by Crippen LogP contribution is -2.48. The Hall–Kier alpha value is -3.26. The number of nitrogens with one attached hydrogen (secondary N) is 3. The molecule has 0 aliphatic rings. The zero-order valence-electron chi connectivity index (χ0n) is 13.8. The molecule has 2 aromatic carbocycles. The van der Waals surface area contributed by atoms with Gasteiger partial charge in [-0.3, -0.25) is 25.8 Å².